The molecule has 0 radical (unpaired) electrons. The predicted octanol–water partition coefficient (Wildman–Crippen LogP) is 3.09. The lowest BCUT2D eigenvalue weighted by molar-refractivity contribution is -0.121. The molecule has 2 rings (SSSR count). The molecule has 0 aliphatic carbocycles. The summed E-state index contributed by atoms with van der Waals surface area (Å²) in [6, 6.07) is 11.3. The Bertz CT molecular complexity index is 735. The maximum absolute atomic E-state index is 11.9. The van der Waals surface area contributed by atoms with E-state index in [1.54, 1.807) is 6.07 Å². The summed E-state index contributed by atoms with van der Waals surface area (Å²) in [5.41, 5.74) is 5.34. The monoisotopic (exact) mass is 352 g/mol. The summed E-state index contributed by atoms with van der Waals surface area (Å²) in [6.07, 6.45) is 0.606. The van der Waals surface area contributed by atoms with Crippen molar-refractivity contribution in [1.29, 1.82) is 0 Å². The van der Waals surface area contributed by atoms with E-state index >= 15 is 0 Å². The van der Waals surface area contributed by atoms with Crippen LogP contribution in [0.5, 0.6) is 5.75 Å². The number of rotatable bonds is 4. The van der Waals surface area contributed by atoms with Crippen molar-refractivity contribution in [3.8, 4) is 5.75 Å². The first-order valence-corrected chi connectivity index (χ1v) is 7.54. The van der Waals surface area contributed by atoms with Gasteiger partial charge in [0.2, 0.25) is 5.91 Å². The van der Waals surface area contributed by atoms with Gasteiger partial charge in [0.05, 0.1) is 5.56 Å². The summed E-state index contributed by atoms with van der Waals surface area (Å²) < 4.78 is 0. The number of aryl methyl sites for hydroxylation is 1. The van der Waals surface area contributed by atoms with E-state index in [2.05, 4.69) is 10.9 Å². The molecule has 0 saturated heterocycles. The average Bonchev–Trinajstić information content (AvgIpc) is 2.54. The van der Waals surface area contributed by atoms with Crippen LogP contribution in [0.4, 0.5) is 0 Å². The molecule has 0 aliphatic heterocycles. The Labute approximate surface area is 143 Å². The first-order valence-electron chi connectivity index (χ1n) is 6.78. The SMILES string of the molecule is O=C(CCc1ccccc1Cl)NNC(=O)c1cc(Cl)ccc1O. The highest BCUT2D eigenvalue weighted by Crippen LogP contribution is 2.21. The van der Waals surface area contributed by atoms with Crippen LogP contribution in [0, 0.1) is 0 Å². The first-order chi connectivity index (χ1) is 11.0. The second kappa shape index (κ2) is 7.85. The van der Waals surface area contributed by atoms with Gasteiger partial charge in [-0.15, -0.1) is 0 Å². The number of phenols is 1. The zero-order valence-corrected chi connectivity index (χ0v) is 13.5. The molecular formula is C16H14Cl2N2O3. The van der Waals surface area contributed by atoms with Crippen molar-refractivity contribution in [1.82, 2.24) is 10.9 Å². The van der Waals surface area contributed by atoms with Crippen LogP contribution in [0.25, 0.3) is 0 Å². The average molecular weight is 353 g/mol. The summed E-state index contributed by atoms with van der Waals surface area (Å²) in [5.74, 6) is -1.26. The third-order valence-corrected chi connectivity index (χ3v) is 3.70. The summed E-state index contributed by atoms with van der Waals surface area (Å²) >= 11 is 11.8. The van der Waals surface area contributed by atoms with Gasteiger partial charge in [0.25, 0.3) is 5.91 Å². The molecule has 7 heteroatoms. The molecule has 0 atom stereocenters. The van der Waals surface area contributed by atoms with E-state index in [0.717, 1.165) is 5.56 Å². The zero-order chi connectivity index (χ0) is 16.8. The number of phenolic OH excluding ortho intramolecular Hbond substituents is 1. The molecule has 3 N–H and O–H groups in total. The summed E-state index contributed by atoms with van der Waals surface area (Å²) in [7, 11) is 0. The third-order valence-electron chi connectivity index (χ3n) is 3.10. The van der Waals surface area contributed by atoms with Gasteiger partial charge in [-0.1, -0.05) is 41.4 Å². The van der Waals surface area contributed by atoms with Gasteiger partial charge < -0.3 is 5.11 Å². The topological polar surface area (TPSA) is 78.4 Å². The normalized spacial score (nSPS) is 10.2. The number of carbonyl (C=O) groups is 2. The fourth-order valence-corrected chi connectivity index (χ4v) is 2.30. The standard InChI is InChI=1S/C16H14Cl2N2O3/c17-11-6-7-14(21)12(9-11)16(23)20-19-15(22)8-5-10-3-1-2-4-13(10)18/h1-4,6-7,9,21H,5,8H2,(H,19,22)(H,20,23). The summed E-state index contributed by atoms with van der Waals surface area (Å²) in [6.45, 7) is 0. The van der Waals surface area contributed by atoms with E-state index in [1.165, 1.54) is 18.2 Å². The van der Waals surface area contributed by atoms with Gasteiger partial charge in [-0.2, -0.15) is 0 Å². The summed E-state index contributed by atoms with van der Waals surface area (Å²) in [4.78, 5) is 23.6. The molecule has 0 fully saturated rings. The number of halogens is 2. The van der Waals surface area contributed by atoms with E-state index in [0.29, 0.717) is 16.5 Å². The van der Waals surface area contributed by atoms with Crippen LogP contribution < -0.4 is 10.9 Å². The maximum Gasteiger partial charge on any atom is 0.273 e. The maximum atomic E-state index is 11.9. The van der Waals surface area contributed by atoms with Gasteiger partial charge in [0, 0.05) is 16.5 Å². The molecular weight excluding hydrogens is 339 g/mol. The van der Waals surface area contributed by atoms with Crippen LogP contribution >= 0.6 is 23.2 Å². The number of amides is 2. The number of aromatic hydroxyl groups is 1. The fraction of sp³-hybridized carbons (Fsp3) is 0.125. The van der Waals surface area contributed by atoms with Gasteiger partial charge in [0.1, 0.15) is 5.75 Å². The fourth-order valence-electron chi connectivity index (χ4n) is 1.90. The highest BCUT2D eigenvalue weighted by Gasteiger charge is 2.12. The van der Waals surface area contributed by atoms with Crippen molar-refractivity contribution >= 4 is 35.0 Å². The number of benzene rings is 2. The molecule has 0 aromatic heterocycles. The van der Waals surface area contributed by atoms with Crippen LogP contribution in [0.15, 0.2) is 42.5 Å². The quantitative estimate of drug-likeness (QED) is 0.739. The molecule has 120 valence electrons. The van der Waals surface area contributed by atoms with Crippen LogP contribution in [-0.2, 0) is 11.2 Å². The van der Waals surface area contributed by atoms with E-state index in [-0.39, 0.29) is 23.6 Å². The second-order valence-corrected chi connectivity index (χ2v) is 5.60. The molecule has 5 nitrogen and oxygen atoms in total. The van der Waals surface area contributed by atoms with E-state index in [9.17, 15) is 14.7 Å². The van der Waals surface area contributed by atoms with Crippen molar-refractivity contribution in [2.45, 2.75) is 12.8 Å². The molecule has 0 heterocycles. The van der Waals surface area contributed by atoms with E-state index < -0.39 is 5.91 Å². The van der Waals surface area contributed by atoms with Crippen molar-refractivity contribution in [2.75, 3.05) is 0 Å². The lowest BCUT2D eigenvalue weighted by Gasteiger charge is -2.09. The lowest BCUT2D eigenvalue weighted by Crippen LogP contribution is -2.41. The van der Waals surface area contributed by atoms with Gasteiger partial charge in [0.15, 0.2) is 0 Å². The van der Waals surface area contributed by atoms with Gasteiger partial charge in [-0.25, -0.2) is 0 Å². The minimum atomic E-state index is -0.656. The molecule has 0 unspecified atom stereocenters. The first kappa shape index (κ1) is 17.1. The van der Waals surface area contributed by atoms with Crippen molar-refractivity contribution in [2.24, 2.45) is 0 Å². The highest BCUT2D eigenvalue weighted by atomic mass is 35.5. The number of hydrogen-bond acceptors (Lipinski definition) is 3. The lowest BCUT2D eigenvalue weighted by atomic mass is 10.1. The molecule has 2 aromatic carbocycles. The second-order valence-electron chi connectivity index (χ2n) is 4.76. The Morgan fingerprint density at radius 1 is 1.04 bits per heavy atom. The van der Waals surface area contributed by atoms with E-state index in [4.69, 9.17) is 23.2 Å². The van der Waals surface area contributed by atoms with Crippen LogP contribution in [-0.4, -0.2) is 16.9 Å². The summed E-state index contributed by atoms with van der Waals surface area (Å²) in [5, 5.41) is 10.5. The minimum absolute atomic E-state index is 0.0242. The Morgan fingerprint density at radius 3 is 2.52 bits per heavy atom. The third kappa shape index (κ3) is 4.87. The Balaban J connectivity index is 1.86. The molecule has 2 aromatic rings. The minimum Gasteiger partial charge on any atom is -0.507 e. The number of nitrogens with one attached hydrogen (secondary N) is 2. The van der Waals surface area contributed by atoms with Crippen LogP contribution in [0.3, 0.4) is 0 Å². The smallest absolute Gasteiger partial charge is 0.273 e. The van der Waals surface area contributed by atoms with Gasteiger partial charge >= 0.3 is 0 Å². The molecule has 0 bridgehead atoms. The van der Waals surface area contributed by atoms with Crippen molar-refractivity contribution in [3.63, 3.8) is 0 Å². The molecule has 23 heavy (non-hydrogen) atoms. The molecule has 2 amide bonds. The Kier molecular flexibility index (Phi) is 5.84. The Morgan fingerprint density at radius 2 is 1.78 bits per heavy atom. The van der Waals surface area contributed by atoms with E-state index in [1.807, 2.05) is 18.2 Å². The van der Waals surface area contributed by atoms with Crippen LogP contribution in [0.1, 0.15) is 22.3 Å². The number of hydrogen-bond donors (Lipinski definition) is 3. The van der Waals surface area contributed by atoms with Gasteiger partial charge in [-0.3, -0.25) is 20.4 Å². The molecule has 0 spiro atoms. The highest BCUT2D eigenvalue weighted by molar-refractivity contribution is 6.31. The van der Waals surface area contributed by atoms with Crippen molar-refractivity contribution < 1.29 is 14.7 Å². The largest absolute Gasteiger partial charge is 0.507 e. The molecule has 0 saturated carbocycles. The predicted molar refractivity (Wildman–Crippen MR) is 88.5 cm³/mol. The van der Waals surface area contributed by atoms with Crippen molar-refractivity contribution in [3.05, 3.63) is 63.6 Å². The number of hydrazine groups is 1. The number of carbonyl (C=O) groups excluding carboxylic acids is 2. The van der Waals surface area contributed by atoms with Gasteiger partial charge in [-0.05, 0) is 36.2 Å². The zero-order valence-electron chi connectivity index (χ0n) is 12.0. The molecule has 0 aliphatic rings. The van der Waals surface area contributed by atoms with Crippen LogP contribution in [0.2, 0.25) is 10.0 Å². The Hall–Kier alpha value is -2.24.